The van der Waals surface area contributed by atoms with Crippen LogP contribution in [0.5, 0.6) is 0 Å². The molecule has 0 saturated carbocycles. The van der Waals surface area contributed by atoms with Gasteiger partial charge >= 0.3 is 16.8 Å². The predicted octanol–water partition coefficient (Wildman–Crippen LogP) is -3.11. The van der Waals surface area contributed by atoms with Gasteiger partial charge in [0.2, 0.25) is 0 Å². The first kappa shape index (κ1) is 9.60. The van der Waals surface area contributed by atoms with Gasteiger partial charge in [-0.15, -0.1) is 0 Å². The monoisotopic (exact) mass is 171 g/mol. The van der Waals surface area contributed by atoms with Crippen molar-refractivity contribution in [1.82, 2.24) is 0 Å². The maximum Gasteiger partial charge on any atom is 0.369 e. The minimum atomic E-state index is -2.55. The first-order chi connectivity index (χ1) is 4.54. The van der Waals surface area contributed by atoms with Crippen LogP contribution >= 0.6 is 0 Å². The predicted molar refractivity (Wildman–Crippen MR) is 20.8 cm³/mol. The van der Waals surface area contributed by atoms with Gasteiger partial charge in [-0.05, 0) is 6.92 Å². The third-order valence-corrected chi connectivity index (χ3v) is 0.703. The van der Waals surface area contributed by atoms with Gasteiger partial charge in [0, 0.05) is 0 Å². The van der Waals surface area contributed by atoms with E-state index >= 15 is 0 Å². The molecule has 2 N–H and O–H groups in total. The lowest BCUT2D eigenvalue weighted by Crippen LogP contribution is -2.37. The lowest BCUT2D eigenvalue weighted by Gasteiger charge is -1.97. The van der Waals surface area contributed by atoms with E-state index in [2.05, 4.69) is 9.33 Å². The maximum atomic E-state index is 10.3. The summed E-state index contributed by atoms with van der Waals surface area (Å²) < 4.78 is 22.5. The van der Waals surface area contributed by atoms with Crippen LogP contribution in [0.25, 0.3) is 0 Å². The fraction of sp³-hybridized carbons (Fsp3) is 0.667. The summed E-state index contributed by atoms with van der Waals surface area (Å²) >= 11 is 0. The zero-order valence-corrected chi connectivity index (χ0v) is 5.83. The average Bonchev–Trinajstić information content (AvgIpc) is 1.82. The minimum Gasteiger partial charge on any atom is -0.319 e. The lowest BCUT2D eigenvalue weighted by atomic mass is 10.4. The zero-order valence-electron chi connectivity index (χ0n) is 5.07. The van der Waals surface area contributed by atoms with Crippen LogP contribution in [0, 0.1) is 10.8 Å². The Bertz CT molecular complexity index is 115. The lowest BCUT2D eigenvalue weighted by molar-refractivity contribution is -1.64. The van der Waals surface area contributed by atoms with E-state index in [0.717, 1.165) is 0 Å². The van der Waals surface area contributed by atoms with E-state index in [1.165, 1.54) is 6.92 Å². The largest absolute Gasteiger partial charge is 0.369 e. The highest BCUT2D eigenvalue weighted by Gasteiger charge is 2.17. The SMILES string of the molecule is C[C@H](N)C(=O)OO[Cl+2]([O-])[O-]. The quantitative estimate of drug-likeness (QED) is 0.356. The van der Waals surface area contributed by atoms with Gasteiger partial charge < -0.3 is 15.1 Å². The van der Waals surface area contributed by atoms with Gasteiger partial charge in [0.25, 0.3) is 4.44 Å². The van der Waals surface area contributed by atoms with E-state index in [4.69, 9.17) is 5.73 Å². The summed E-state index contributed by atoms with van der Waals surface area (Å²) in [6.07, 6.45) is 0. The van der Waals surface area contributed by atoms with Gasteiger partial charge in [0.15, 0.2) is 0 Å². The van der Waals surface area contributed by atoms with Crippen molar-refractivity contribution >= 4 is 5.97 Å². The van der Waals surface area contributed by atoms with E-state index < -0.39 is 22.8 Å². The van der Waals surface area contributed by atoms with Crippen molar-refractivity contribution in [2.75, 3.05) is 0 Å². The van der Waals surface area contributed by atoms with Crippen molar-refractivity contribution in [2.45, 2.75) is 13.0 Å². The van der Waals surface area contributed by atoms with Gasteiger partial charge in [-0.3, -0.25) is 0 Å². The summed E-state index contributed by atoms with van der Waals surface area (Å²) in [5.41, 5.74) is 4.96. The number of halogens is 1. The molecule has 0 aromatic carbocycles. The molecule has 7 heteroatoms. The van der Waals surface area contributed by atoms with E-state index in [-0.39, 0.29) is 0 Å². The van der Waals surface area contributed by atoms with E-state index in [0.29, 0.717) is 0 Å². The third kappa shape index (κ3) is 4.48. The van der Waals surface area contributed by atoms with Gasteiger partial charge in [-0.25, -0.2) is 9.68 Å². The maximum absolute atomic E-state index is 10.3. The van der Waals surface area contributed by atoms with Crippen molar-refractivity contribution in [3.8, 4) is 0 Å². The van der Waals surface area contributed by atoms with Crippen molar-refractivity contribution in [3.05, 3.63) is 0 Å². The van der Waals surface area contributed by atoms with Crippen molar-refractivity contribution < 1.29 is 34.2 Å². The molecule has 60 valence electrons. The summed E-state index contributed by atoms with van der Waals surface area (Å²) in [5, 5.41) is 0. The third-order valence-electron chi connectivity index (χ3n) is 0.537. The molecule has 1 atom stereocenters. The molecule has 6 nitrogen and oxygen atoms in total. The average molecular weight is 172 g/mol. The van der Waals surface area contributed by atoms with Crippen LogP contribution in [0.2, 0.25) is 0 Å². The molecule has 0 radical (unpaired) electrons. The van der Waals surface area contributed by atoms with Crippen LogP contribution < -0.4 is 15.1 Å². The molecule has 0 saturated heterocycles. The highest BCUT2D eigenvalue weighted by atomic mass is 35.6. The smallest absolute Gasteiger partial charge is 0.319 e. The van der Waals surface area contributed by atoms with E-state index in [1.807, 2.05) is 0 Å². The first-order valence-corrected chi connectivity index (χ1v) is 3.16. The van der Waals surface area contributed by atoms with Crippen LogP contribution in [0.1, 0.15) is 6.92 Å². The molecule has 0 aromatic rings. The highest BCUT2D eigenvalue weighted by molar-refractivity contribution is 5.74. The van der Waals surface area contributed by atoms with Crippen LogP contribution in [0.4, 0.5) is 0 Å². The Labute approximate surface area is 59.8 Å². The second kappa shape index (κ2) is 4.42. The molecule has 0 amide bonds. The van der Waals surface area contributed by atoms with E-state index in [1.54, 1.807) is 0 Å². The Morgan fingerprint density at radius 1 is 1.70 bits per heavy atom. The summed E-state index contributed by atoms with van der Waals surface area (Å²) in [6, 6.07) is -0.905. The second-order valence-electron chi connectivity index (χ2n) is 1.44. The Morgan fingerprint density at radius 2 is 2.20 bits per heavy atom. The van der Waals surface area contributed by atoms with Gasteiger partial charge in [0.1, 0.15) is 6.04 Å². The van der Waals surface area contributed by atoms with Gasteiger partial charge in [0.05, 0.1) is 0 Å². The fourth-order valence-corrected chi connectivity index (χ4v) is 0.246. The second-order valence-corrected chi connectivity index (χ2v) is 1.95. The van der Waals surface area contributed by atoms with Crippen molar-refractivity contribution in [1.29, 1.82) is 0 Å². The molecule has 0 aliphatic heterocycles. The van der Waals surface area contributed by atoms with Crippen LogP contribution in [-0.2, 0) is 14.1 Å². The molecule has 0 spiro atoms. The summed E-state index contributed by atoms with van der Waals surface area (Å²) in [4.78, 5) is 14.0. The number of rotatable bonds is 3. The first-order valence-electron chi connectivity index (χ1n) is 2.24. The molecular weight excluding hydrogens is 165 g/mol. The Hall–Kier alpha value is -0.400. The minimum absolute atomic E-state index is 0.905. The Morgan fingerprint density at radius 3 is 2.50 bits per heavy atom. The molecule has 0 heterocycles. The van der Waals surface area contributed by atoms with Gasteiger partial charge in [-0.2, -0.15) is 0 Å². The molecule has 0 rings (SSSR count). The molecule has 10 heavy (non-hydrogen) atoms. The van der Waals surface area contributed by atoms with Crippen LogP contribution in [-0.4, -0.2) is 12.0 Å². The Kier molecular flexibility index (Phi) is 4.24. The molecule has 0 bridgehead atoms. The normalized spacial score (nSPS) is 13.3. The summed E-state index contributed by atoms with van der Waals surface area (Å²) in [7, 11) is -2.55. The topological polar surface area (TPSA) is 108 Å². The molecule has 0 aliphatic carbocycles. The van der Waals surface area contributed by atoms with E-state index in [9.17, 15) is 14.1 Å². The number of hydrogen-bond acceptors (Lipinski definition) is 6. The fourth-order valence-electron chi connectivity index (χ4n) is 0.133. The number of carbonyl (C=O) groups is 1. The van der Waals surface area contributed by atoms with Gasteiger partial charge in [-0.1, -0.05) is 0 Å². The number of nitrogens with two attached hydrogens (primary N) is 1. The zero-order chi connectivity index (χ0) is 8.15. The molecule has 0 aliphatic rings. The number of hydrogen-bond donors (Lipinski definition) is 1. The summed E-state index contributed by atoms with van der Waals surface area (Å²) in [6.45, 7) is 1.33. The standard InChI is InChI=1S/C3H6ClNO5/c1-2(5)3(6)9-10-4(7)8/h2H,5H2,1H3/t2-/m0/s1. The van der Waals surface area contributed by atoms with Crippen LogP contribution in [0.3, 0.4) is 0 Å². The number of carbonyl (C=O) groups excluding carboxylic acids is 1. The summed E-state index contributed by atoms with van der Waals surface area (Å²) in [5.74, 6) is -0.950. The highest BCUT2D eigenvalue weighted by Crippen LogP contribution is 1.86. The molecule has 0 fully saturated rings. The van der Waals surface area contributed by atoms with Crippen molar-refractivity contribution in [2.24, 2.45) is 5.73 Å². The Balaban J connectivity index is 3.40. The molecule has 0 unspecified atom stereocenters. The van der Waals surface area contributed by atoms with Crippen molar-refractivity contribution in [3.63, 3.8) is 0 Å². The van der Waals surface area contributed by atoms with Crippen LogP contribution in [0.15, 0.2) is 0 Å². The molecular formula is C3H6ClNO5. The molecule has 0 aromatic heterocycles.